The quantitative estimate of drug-likeness (QED) is 0.785. The number of nitrogens with zero attached hydrogens (tertiary/aromatic N) is 2. The molecule has 1 heterocycles. The van der Waals surface area contributed by atoms with Crippen molar-refractivity contribution in [2.24, 2.45) is 0 Å². The summed E-state index contributed by atoms with van der Waals surface area (Å²) in [6.07, 6.45) is 3.45. The minimum atomic E-state index is -0.0787. The lowest BCUT2D eigenvalue weighted by molar-refractivity contribution is 0.102. The standard InChI is InChI=1S/C12H10Br2N2O/c1-2-16-6-5-15-12(16)11(17)9-7-8(13)3-4-10(9)14/h3-7H,2H2,1H3. The van der Waals surface area contributed by atoms with Crippen molar-refractivity contribution in [1.82, 2.24) is 9.55 Å². The van der Waals surface area contributed by atoms with Gasteiger partial charge in [0, 0.05) is 33.4 Å². The zero-order chi connectivity index (χ0) is 12.4. The summed E-state index contributed by atoms with van der Waals surface area (Å²) in [7, 11) is 0. The van der Waals surface area contributed by atoms with Crippen LogP contribution in [0.4, 0.5) is 0 Å². The fourth-order valence-corrected chi connectivity index (χ4v) is 2.35. The van der Waals surface area contributed by atoms with Crippen LogP contribution in [0.15, 0.2) is 39.5 Å². The molecule has 0 bridgehead atoms. The van der Waals surface area contributed by atoms with Crippen molar-refractivity contribution in [3.63, 3.8) is 0 Å². The molecule has 0 N–H and O–H groups in total. The maximum Gasteiger partial charge on any atom is 0.229 e. The van der Waals surface area contributed by atoms with E-state index in [-0.39, 0.29) is 5.78 Å². The zero-order valence-electron chi connectivity index (χ0n) is 9.15. The van der Waals surface area contributed by atoms with Crippen molar-refractivity contribution < 1.29 is 4.79 Å². The van der Waals surface area contributed by atoms with Gasteiger partial charge in [0.05, 0.1) is 0 Å². The van der Waals surface area contributed by atoms with Crippen LogP contribution in [0.25, 0.3) is 0 Å². The highest BCUT2D eigenvalue weighted by Crippen LogP contribution is 2.23. The molecular formula is C12H10Br2N2O. The van der Waals surface area contributed by atoms with Crippen LogP contribution in [0.5, 0.6) is 0 Å². The average Bonchev–Trinajstić information content (AvgIpc) is 2.79. The summed E-state index contributed by atoms with van der Waals surface area (Å²) in [5, 5.41) is 0. The van der Waals surface area contributed by atoms with Crippen molar-refractivity contribution >= 4 is 37.6 Å². The fraction of sp³-hybridized carbons (Fsp3) is 0.167. The van der Waals surface area contributed by atoms with Crippen LogP contribution in [0.2, 0.25) is 0 Å². The Morgan fingerprint density at radius 3 is 2.88 bits per heavy atom. The average molecular weight is 358 g/mol. The van der Waals surface area contributed by atoms with Gasteiger partial charge in [0.1, 0.15) is 0 Å². The molecule has 0 saturated carbocycles. The Hall–Kier alpha value is -0.940. The first-order chi connectivity index (χ1) is 8.13. The van der Waals surface area contributed by atoms with Gasteiger partial charge in [-0.15, -0.1) is 0 Å². The number of imidazole rings is 1. The molecule has 0 unspecified atom stereocenters. The van der Waals surface area contributed by atoms with E-state index in [1.807, 2.05) is 23.6 Å². The van der Waals surface area contributed by atoms with Crippen LogP contribution in [-0.2, 0) is 6.54 Å². The summed E-state index contributed by atoms with van der Waals surface area (Å²) in [4.78, 5) is 16.4. The number of rotatable bonds is 3. The van der Waals surface area contributed by atoms with Crippen LogP contribution in [0.3, 0.4) is 0 Å². The number of halogens is 2. The Bertz CT molecular complexity index is 563. The van der Waals surface area contributed by atoms with Crippen molar-refractivity contribution in [3.05, 3.63) is 50.9 Å². The highest BCUT2D eigenvalue weighted by molar-refractivity contribution is 9.11. The first kappa shape index (κ1) is 12.5. The SMILES string of the molecule is CCn1ccnc1C(=O)c1cc(Br)ccc1Br. The van der Waals surface area contributed by atoms with E-state index in [1.165, 1.54) is 0 Å². The number of hydrogen-bond donors (Lipinski definition) is 0. The molecule has 0 aliphatic carbocycles. The molecule has 5 heteroatoms. The third kappa shape index (κ3) is 2.50. The third-order valence-electron chi connectivity index (χ3n) is 2.43. The maximum atomic E-state index is 12.3. The molecule has 0 amide bonds. The summed E-state index contributed by atoms with van der Waals surface area (Å²) in [6, 6.07) is 5.52. The van der Waals surface area contributed by atoms with Gasteiger partial charge in [0.2, 0.25) is 5.78 Å². The Kier molecular flexibility index (Phi) is 3.79. The monoisotopic (exact) mass is 356 g/mol. The molecule has 0 atom stereocenters. The molecule has 0 radical (unpaired) electrons. The highest BCUT2D eigenvalue weighted by Gasteiger charge is 2.17. The van der Waals surface area contributed by atoms with Crippen molar-refractivity contribution in [2.45, 2.75) is 13.5 Å². The third-order valence-corrected chi connectivity index (χ3v) is 3.62. The predicted molar refractivity (Wildman–Crippen MR) is 73.2 cm³/mol. The van der Waals surface area contributed by atoms with Crippen molar-refractivity contribution in [1.29, 1.82) is 0 Å². The maximum absolute atomic E-state index is 12.3. The fourth-order valence-electron chi connectivity index (χ4n) is 1.57. The molecule has 1 aromatic heterocycles. The molecule has 0 aliphatic rings. The van der Waals surface area contributed by atoms with E-state index in [4.69, 9.17) is 0 Å². The summed E-state index contributed by atoms with van der Waals surface area (Å²) in [6.45, 7) is 2.71. The molecule has 0 spiro atoms. The number of carbonyl (C=O) groups is 1. The van der Waals surface area contributed by atoms with Crippen molar-refractivity contribution in [2.75, 3.05) is 0 Å². The number of carbonyl (C=O) groups excluding carboxylic acids is 1. The molecule has 88 valence electrons. The van der Waals surface area contributed by atoms with Gasteiger partial charge in [-0.25, -0.2) is 4.98 Å². The number of benzene rings is 1. The normalized spacial score (nSPS) is 10.5. The van der Waals surface area contributed by atoms with Gasteiger partial charge in [-0.05, 0) is 25.1 Å². The van der Waals surface area contributed by atoms with Gasteiger partial charge in [0.15, 0.2) is 5.82 Å². The van der Waals surface area contributed by atoms with Crippen LogP contribution in [-0.4, -0.2) is 15.3 Å². The van der Waals surface area contributed by atoms with Gasteiger partial charge < -0.3 is 4.57 Å². The lowest BCUT2D eigenvalue weighted by Gasteiger charge is -2.06. The van der Waals surface area contributed by atoms with Crippen LogP contribution in [0, 0.1) is 0 Å². The summed E-state index contributed by atoms with van der Waals surface area (Å²) >= 11 is 6.75. The van der Waals surface area contributed by atoms with Crippen LogP contribution >= 0.6 is 31.9 Å². The minimum absolute atomic E-state index is 0.0787. The molecule has 0 aliphatic heterocycles. The van der Waals surface area contributed by atoms with E-state index < -0.39 is 0 Å². The predicted octanol–water partition coefficient (Wildman–Crippen LogP) is 3.66. The van der Waals surface area contributed by atoms with Gasteiger partial charge >= 0.3 is 0 Å². The summed E-state index contributed by atoms with van der Waals surface area (Å²) in [5.74, 6) is 0.385. The summed E-state index contributed by atoms with van der Waals surface area (Å²) < 4.78 is 3.48. The first-order valence-corrected chi connectivity index (χ1v) is 6.73. The second-order valence-electron chi connectivity index (χ2n) is 3.49. The Morgan fingerprint density at radius 1 is 1.41 bits per heavy atom. The van der Waals surface area contributed by atoms with Crippen molar-refractivity contribution in [3.8, 4) is 0 Å². The van der Waals surface area contributed by atoms with E-state index in [0.29, 0.717) is 11.4 Å². The molecular weight excluding hydrogens is 348 g/mol. The highest BCUT2D eigenvalue weighted by atomic mass is 79.9. The summed E-state index contributed by atoms with van der Waals surface area (Å²) in [5.41, 5.74) is 0.611. The van der Waals surface area contributed by atoms with Crippen LogP contribution in [0.1, 0.15) is 23.1 Å². The minimum Gasteiger partial charge on any atom is -0.328 e. The second-order valence-corrected chi connectivity index (χ2v) is 5.26. The number of ketones is 1. The van der Waals surface area contributed by atoms with E-state index in [0.717, 1.165) is 15.5 Å². The molecule has 2 aromatic rings. The number of hydrogen-bond acceptors (Lipinski definition) is 2. The lowest BCUT2D eigenvalue weighted by atomic mass is 10.1. The lowest BCUT2D eigenvalue weighted by Crippen LogP contribution is -2.11. The van der Waals surface area contributed by atoms with E-state index in [9.17, 15) is 4.79 Å². The second kappa shape index (κ2) is 5.14. The molecule has 0 fully saturated rings. The molecule has 3 nitrogen and oxygen atoms in total. The Labute approximate surface area is 116 Å². The van der Waals surface area contributed by atoms with Crippen LogP contribution < -0.4 is 0 Å². The Balaban J connectivity index is 2.47. The van der Waals surface area contributed by atoms with E-state index >= 15 is 0 Å². The molecule has 2 rings (SSSR count). The van der Waals surface area contributed by atoms with Gasteiger partial charge in [-0.3, -0.25) is 4.79 Å². The van der Waals surface area contributed by atoms with E-state index in [1.54, 1.807) is 18.5 Å². The van der Waals surface area contributed by atoms with E-state index in [2.05, 4.69) is 36.8 Å². The largest absolute Gasteiger partial charge is 0.328 e. The molecule has 17 heavy (non-hydrogen) atoms. The number of aromatic nitrogens is 2. The Morgan fingerprint density at radius 2 is 2.18 bits per heavy atom. The topological polar surface area (TPSA) is 34.9 Å². The number of aryl methyl sites for hydroxylation is 1. The van der Waals surface area contributed by atoms with Gasteiger partial charge in [-0.2, -0.15) is 0 Å². The van der Waals surface area contributed by atoms with Gasteiger partial charge in [-0.1, -0.05) is 31.9 Å². The van der Waals surface area contributed by atoms with Gasteiger partial charge in [0.25, 0.3) is 0 Å². The zero-order valence-corrected chi connectivity index (χ0v) is 12.3. The first-order valence-electron chi connectivity index (χ1n) is 5.14. The smallest absolute Gasteiger partial charge is 0.229 e. The molecule has 0 saturated heterocycles. The molecule has 1 aromatic carbocycles.